The van der Waals surface area contributed by atoms with Crippen molar-refractivity contribution in [2.75, 3.05) is 11.9 Å². The number of hydrogen-bond donors (Lipinski definition) is 2. The minimum atomic E-state index is -1.31. The molecule has 1 atom stereocenters. The highest BCUT2D eigenvalue weighted by Gasteiger charge is 2.49. The molecule has 1 saturated heterocycles. The predicted octanol–water partition coefficient (Wildman–Crippen LogP) is 2.68. The van der Waals surface area contributed by atoms with Crippen molar-refractivity contribution in [2.24, 2.45) is 0 Å². The summed E-state index contributed by atoms with van der Waals surface area (Å²) in [5, 5.41) is 4.74. The van der Waals surface area contributed by atoms with E-state index in [4.69, 9.17) is 0 Å². The third-order valence-electron chi connectivity index (χ3n) is 4.41. The third kappa shape index (κ3) is 3.51. The average Bonchev–Trinajstić information content (AvgIpc) is 2.83. The molecule has 0 bridgehead atoms. The maximum Gasteiger partial charge on any atom is 0.325 e. The van der Waals surface area contributed by atoms with Gasteiger partial charge in [0.2, 0.25) is 5.91 Å². The van der Waals surface area contributed by atoms with E-state index < -0.39 is 41.6 Å². The number of nitrogens with zero attached hydrogens (tertiary/aromatic N) is 1. The summed E-state index contributed by atoms with van der Waals surface area (Å²) in [6, 6.07) is 8.92. The lowest BCUT2D eigenvalue weighted by atomic mass is 9.91. The molecule has 140 valence electrons. The number of nitrogens with one attached hydrogen (secondary N) is 2. The highest BCUT2D eigenvalue weighted by molar-refractivity contribution is 6.10. The number of halogens is 2. The molecular formula is C19H17F2N3O3. The first-order valence-electron chi connectivity index (χ1n) is 8.17. The van der Waals surface area contributed by atoms with Crippen LogP contribution in [0.2, 0.25) is 0 Å². The van der Waals surface area contributed by atoms with Gasteiger partial charge < -0.3 is 10.6 Å². The van der Waals surface area contributed by atoms with Crippen LogP contribution in [0.4, 0.5) is 19.3 Å². The summed E-state index contributed by atoms with van der Waals surface area (Å²) in [6.07, 6.45) is 0. The first-order chi connectivity index (χ1) is 12.7. The Balaban J connectivity index is 1.76. The SMILES string of the molecule is Cc1ccc(C2(C)NC(=O)N(CC(=O)Nc3cc(F)ccc3F)C2=O)cc1. The fourth-order valence-electron chi connectivity index (χ4n) is 2.85. The summed E-state index contributed by atoms with van der Waals surface area (Å²) in [7, 11) is 0. The van der Waals surface area contributed by atoms with Crippen LogP contribution in [0.5, 0.6) is 0 Å². The van der Waals surface area contributed by atoms with Crippen molar-refractivity contribution >= 4 is 23.5 Å². The largest absolute Gasteiger partial charge is 0.325 e. The molecule has 1 aliphatic rings. The van der Waals surface area contributed by atoms with E-state index >= 15 is 0 Å². The number of rotatable bonds is 4. The smallest absolute Gasteiger partial charge is 0.322 e. The van der Waals surface area contributed by atoms with Crippen molar-refractivity contribution in [1.82, 2.24) is 10.2 Å². The van der Waals surface area contributed by atoms with Crippen LogP contribution in [-0.2, 0) is 15.1 Å². The molecule has 0 aromatic heterocycles. The molecule has 0 spiro atoms. The van der Waals surface area contributed by atoms with Crippen LogP contribution in [-0.4, -0.2) is 29.3 Å². The molecule has 1 aliphatic heterocycles. The maximum absolute atomic E-state index is 13.6. The zero-order valence-electron chi connectivity index (χ0n) is 14.7. The fourth-order valence-corrected chi connectivity index (χ4v) is 2.85. The Hall–Kier alpha value is -3.29. The van der Waals surface area contributed by atoms with Crippen molar-refractivity contribution in [3.05, 3.63) is 65.2 Å². The zero-order chi connectivity index (χ0) is 19.8. The van der Waals surface area contributed by atoms with E-state index in [1.807, 2.05) is 19.1 Å². The lowest BCUT2D eigenvalue weighted by Gasteiger charge is -2.22. The van der Waals surface area contributed by atoms with Crippen molar-refractivity contribution in [3.63, 3.8) is 0 Å². The van der Waals surface area contributed by atoms with E-state index in [1.54, 1.807) is 19.1 Å². The number of carbonyl (C=O) groups excluding carboxylic acids is 3. The summed E-state index contributed by atoms with van der Waals surface area (Å²) in [6.45, 7) is 2.81. The Morgan fingerprint density at radius 3 is 2.48 bits per heavy atom. The molecule has 6 nitrogen and oxygen atoms in total. The van der Waals surface area contributed by atoms with E-state index in [0.717, 1.165) is 28.7 Å². The van der Waals surface area contributed by atoms with Crippen LogP contribution in [0, 0.1) is 18.6 Å². The molecule has 0 aliphatic carbocycles. The molecule has 1 fully saturated rings. The topological polar surface area (TPSA) is 78.5 Å². The number of hydrogen-bond acceptors (Lipinski definition) is 3. The van der Waals surface area contributed by atoms with Crippen LogP contribution >= 0.6 is 0 Å². The Labute approximate surface area is 154 Å². The molecular weight excluding hydrogens is 356 g/mol. The van der Waals surface area contributed by atoms with Crippen LogP contribution in [0.15, 0.2) is 42.5 Å². The number of amides is 4. The molecule has 8 heteroatoms. The van der Waals surface area contributed by atoms with Gasteiger partial charge in [-0.2, -0.15) is 0 Å². The highest BCUT2D eigenvalue weighted by atomic mass is 19.1. The number of carbonyl (C=O) groups is 3. The Morgan fingerprint density at radius 2 is 1.81 bits per heavy atom. The fraction of sp³-hybridized carbons (Fsp3) is 0.211. The summed E-state index contributed by atoms with van der Waals surface area (Å²) < 4.78 is 26.8. The molecule has 1 unspecified atom stereocenters. The summed E-state index contributed by atoms with van der Waals surface area (Å²) in [5.74, 6) is -2.98. The van der Waals surface area contributed by atoms with Gasteiger partial charge in [-0.15, -0.1) is 0 Å². The number of urea groups is 1. The molecule has 27 heavy (non-hydrogen) atoms. The number of imide groups is 1. The average molecular weight is 373 g/mol. The third-order valence-corrected chi connectivity index (χ3v) is 4.41. The first kappa shape index (κ1) is 18.5. The van der Waals surface area contributed by atoms with Crippen LogP contribution in [0.1, 0.15) is 18.1 Å². The van der Waals surface area contributed by atoms with Gasteiger partial charge in [-0.05, 0) is 31.5 Å². The molecule has 0 saturated carbocycles. The van der Waals surface area contributed by atoms with Gasteiger partial charge in [0.05, 0.1) is 5.69 Å². The second kappa shape index (κ2) is 6.79. The lowest BCUT2D eigenvalue weighted by molar-refractivity contribution is -0.133. The van der Waals surface area contributed by atoms with Crippen molar-refractivity contribution in [2.45, 2.75) is 19.4 Å². The van der Waals surface area contributed by atoms with Gasteiger partial charge in [-0.3, -0.25) is 14.5 Å². The van der Waals surface area contributed by atoms with Crippen LogP contribution in [0.25, 0.3) is 0 Å². The van der Waals surface area contributed by atoms with E-state index in [9.17, 15) is 23.2 Å². The second-order valence-electron chi connectivity index (χ2n) is 6.48. The van der Waals surface area contributed by atoms with Crippen LogP contribution < -0.4 is 10.6 Å². The zero-order valence-corrected chi connectivity index (χ0v) is 14.7. The molecule has 0 radical (unpaired) electrons. The summed E-state index contributed by atoms with van der Waals surface area (Å²) in [4.78, 5) is 37.9. The normalized spacial score (nSPS) is 19.2. The van der Waals surface area contributed by atoms with Crippen molar-refractivity contribution in [1.29, 1.82) is 0 Å². The molecule has 4 amide bonds. The number of anilines is 1. The minimum Gasteiger partial charge on any atom is -0.322 e. The summed E-state index contributed by atoms with van der Waals surface area (Å²) >= 11 is 0. The Kier molecular flexibility index (Phi) is 4.65. The van der Waals surface area contributed by atoms with Crippen LogP contribution in [0.3, 0.4) is 0 Å². The maximum atomic E-state index is 13.6. The first-order valence-corrected chi connectivity index (χ1v) is 8.17. The number of benzene rings is 2. The van der Waals surface area contributed by atoms with E-state index in [2.05, 4.69) is 10.6 Å². The van der Waals surface area contributed by atoms with Crippen molar-refractivity contribution in [3.8, 4) is 0 Å². The van der Waals surface area contributed by atoms with Gasteiger partial charge in [0.25, 0.3) is 5.91 Å². The molecule has 2 aromatic carbocycles. The van der Waals surface area contributed by atoms with Crippen molar-refractivity contribution < 1.29 is 23.2 Å². The lowest BCUT2D eigenvalue weighted by Crippen LogP contribution is -2.42. The Bertz CT molecular complexity index is 930. The number of aryl methyl sites for hydroxylation is 1. The highest BCUT2D eigenvalue weighted by Crippen LogP contribution is 2.29. The van der Waals surface area contributed by atoms with E-state index in [0.29, 0.717) is 5.56 Å². The molecule has 1 heterocycles. The predicted molar refractivity (Wildman–Crippen MR) is 93.8 cm³/mol. The summed E-state index contributed by atoms with van der Waals surface area (Å²) in [5.41, 5.74) is -0.110. The standard InChI is InChI=1S/C19H17F2N3O3/c1-11-3-5-12(6-4-11)19(2)17(26)24(18(27)23-19)10-16(25)22-15-9-13(20)7-8-14(15)21/h3-9H,10H2,1-2H3,(H,22,25)(H,23,27). The molecule has 2 aromatic rings. The minimum absolute atomic E-state index is 0.367. The molecule has 3 rings (SSSR count). The Morgan fingerprint density at radius 1 is 1.15 bits per heavy atom. The van der Waals surface area contributed by atoms with Gasteiger partial charge in [0, 0.05) is 6.07 Å². The van der Waals surface area contributed by atoms with Gasteiger partial charge in [0.1, 0.15) is 23.7 Å². The van der Waals surface area contributed by atoms with Gasteiger partial charge in [-0.1, -0.05) is 29.8 Å². The van der Waals surface area contributed by atoms with E-state index in [1.165, 1.54) is 0 Å². The monoisotopic (exact) mass is 373 g/mol. The molecule has 2 N–H and O–H groups in total. The van der Waals surface area contributed by atoms with E-state index in [-0.39, 0.29) is 5.69 Å². The van der Waals surface area contributed by atoms with Gasteiger partial charge in [0.15, 0.2) is 0 Å². The van der Waals surface area contributed by atoms with Gasteiger partial charge in [-0.25, -0.2) is 13.6 Å². The van der Waals surface area contributed by atoms with Gasteiger partial charge >= 0.3 is 6.03 Å². The second-order valence-corrected chi connectivity index (χ2v) is 6.48. The quantitative estimate of drug-likeness (QED) is 0.809.